The van der Waals surface area contributed by atoms with Crippen LogP contribution in [0, 0.1) is 0 Å². The summed E-state index contributed by atoms with van der Waals surface area (Å²) >= 11 is 0. The molecule has 2 aromatic rings. The molecule has 23 heavy (non-hydrogen) atoms. The van der Waals surface area contributed by atoms with Crippen LogP contribution in [0.15, 0.2) is 55.1 Å². The molecule has 0 spiro atoms. The molecule has 4 atom stereocenters. The highest BCUT2D eigenvalue weighted by Gasteiger charge is 2.36. The van der Waals surface area contributed by atoms with Crippen molar-refractivity contribution in [3.8, 4) is 5.75 Å². The molecule has 3 heterocycles. The van der Waals surface area contributed by atoms with Crippen LogP contribution in [0.4, 0.5) is 0 Å². The van der Waals surface area contributed by atoms with Crippen LogP contribution in [0.3, 0.4) is 0 Å². The Balaban J connectivity index is 1.46. The van der Waals surface area contributed by atoms with E-state index in [9.17, 15) is 0 Å². The van der Waals surface area contributed by atoms with E-state index in [0.29, 0.717) is 6.61 Å². The van der Waals surface area contributed by atoms with E-state index in [4.69, 9.17) is 18.9 Å². The standard InChI is InChI=1S/C17H18N2O4/c1-20-13-4-2-12(3-5-13)17-21-10-15-14(23-17)6-7-16(22-15)19-9-8-18-11-19/h2-9,11,14-17H,10H2,1H3. The van der Waals surface area contributed by atoms with Crippen LogP contribution in [0.2, 0.25) is 0 Å². The van der Waals surface area contributed by atoms with Gasteiger partial charge in [0.15, 0.2) is 12.5 Å². The molecule has 120 valence electrons. The Morgan fingerprint density at radius 2 is 2.04 bits per heavy atom. The molecule has 1 aromatic heterocycles. The van der Waals surface area contributed by atoms with E-state index in [1.807, 2.05) is 47.2 Å². The lowest BCUT2D eigenvalue weighted by molar-refractivity contribution is -0.267. The van der Waals surface area contributed by atoms with Crippen LogP contribution in [-0.4, -0.2) is 35.5 Å². The number of hydrogen-bond acceptors (Lipinski definition) is 5. The fourth-order valence-electron chi connectivity index (χ4n) is 2.79. The maximum atomic E-state index is 6.02. The van der Waals surface area contributed by atoms with Crippen molar-refractivity contribution in [2.75, 3.05) is 13.7 Å². The van der Waals surface area contributed by atoms with Gasteiger partial charge in [-0.05, 0) is 18.2 Å². The Morgan fingerprint density at radius 3 is 2.78 bits per heavy atom. The van der Waals surface area contributed by atoms with Gasteiger partial charge >= 0.3 is 0 Å². The predicted octanol–water partition coefficient (Wildman–Crippen LogP) is 2.46. The molecule has 1 saturated heterocycles. The van der Waals surface area contributed by atoms with Crippen molar-refractivity contribution in [1.29, 1.82) is 0 Å². The molecule has 1 aromatic carbocycles. The summed E-state index contributed by atoms with van der Waals surface area (Å²) in [5.74, 6) is 0.812. The molecule has 0 bridgehead atoms. The largest absolute Gasteiger partial charge is 0.497 e. The Bertz CT molecular complexity index is 668. The molecule has 6 heteroatoms. The number of methoxy groups -OCH3 is 1. The van der Waals surface area contributed by atoms with Crippen molar-refractivity contribution >= 4 is 0 Å². The van der Waals surface area contributed by atoms with Crippen LogP contribution in [0.5, 0.6) is 5.75 Å². The van der Waals surface area contributed by atoms with Gasteiger partial charge in [0, 0.05) is 18.0 Å². The summed E-state index contributed by atoms with van der Waals surface area (Å²) in [5, 5.41) is 0. The lowest BCUT2D eigenvalue weighted by Crippen LogP contribution is -2.44. The van der Waals surface area contributed by atoms with Crippen molar-refractivity contribution < 1.29 is 18.9 Å². The molecule has 0 saturated carbocycles. The Morgan fingerprint density at radius 1 is 1.17 bits per heavy atom. The molecule has 0 N–H and O–H groups in total. The zero-order valence-corrected chi connectivity index (χ0v) is 12.7. The van der Waals surface area contributed by atoms with Gasteiger partial charge < -0.3 is 23.5 Å². The maximum absolute atomic E-state index is 6.02. The van der Waals surface area contributed by atoms with E-state index in [1.54, 1.807) is 19.6 Å². The minimum Gasteiger partial charge on any atom is -0.497 e. The number of rotatable bonds is 3. The van der Waals surface area contributed by atoms with E-state index in [2.05, 4.69) is 4.98 Å². The molecule has 1 fully saturated rings. The summed E-state index contributed by atoms with van der Waals surface area (Å²) in [5.41, 5.74) is 0.967. The molecule has 0 amide bonds. The van der Waals surface area contributed by atoms with E-state index < -0.39 is 0 Å². The zero-order valence-electron chi connectivity index (χ0n) is 12.7. The van der Waals surface area contributed by atoms with Crippen molar-refractivity contribution in [2.24, 2.45) is 0 Å². The van der Waals surface area contributed by atoms with Gasteiger partial charge in [0.2, 0.25) is 0 Å². The third kappa shape index (κ3) is 2.88. The van der Waals surface area contributed by atoms with Gasteiger partial charge in [-0.2, -0.15) is 0 Å². The first kappa shape index (κ1) is 14.4. The minimum atomic E-state index is -0.389. The van der Waals surface area contributed by atoms with Crippen molar-refractivity contribution in [1.82, 2.24) is 9.55 Å². The summed E-state index contributed by atoms with van der Waals surface area (Å²) in [6.45, 7) is 0.483. The highest BCUT2D eigenvalue weighted by atomic mass is 16.7. The second-order valence-corrected chi connectivity index (χ2v) is 5.50. The average molecular weight is 314 g/mol. The van der Waals surface area contributed by atoms with E-state index >= 15 is 0 Å². The highest BCUT2D eigenvalue weighted by Crippen LogP contribution is 2.33. The van der Waals surface area contributed by atoms with Crippen LogP contribution < -0.4 is 4.74 Å². The van der Waals surface area contributed by atoms with Crippen LogP contribution in [-0.2, 0) is 14.2 Å². The third-order valence-corrected chi connectivity index (χ3v) is 4.05. The van der Waals surface area contributed by atoms with E-state index in [-0.39, 0.29) is 24.7 Å². The van der Waals surface area contributed by atoms with Gasteiger partial charge in [0.05, 0.1) is 20.0 Å². The lowest BCUT2D eigenvalue weighted by atomic mass is 10.1. The van der Waals surface area contributed by atoms with Gasteiger partial charge in [-0.25, -0.2) is 4.98 Å². The number of ether oxygens (including phenoxy) is 4. The molecule has 2 aliphatic heterocycles. The molecule has 4 unspecified atom stereocenters. The minimum absolute atomic E-state index is 0.115. The van der Waals surface area contributed by atoms with E-state index in [0.717, 1.165) is 11.3 Å². The molecule has 6 nitrogen and oxygen atoms in total. The Labute approximate surface area is 134 Å². The quantitative estimate of drug-likeness (QED) is 0.815. The fraction of sp³-hybridized carbons (Fsp3) is 0.353. The SMILES string of the molecule is COc1ccc(C2OCC3OC(n4ccnc4)C=CC3O2)cc1. The van der Waals surface area contributed by atoms with Gasteiger partial charge in [0.1, 0.15) is 18.0 Å². The molecular formula is C17H18N2O4. The first-order chi connectivity index (χ1) is 11.3. The zero-order chi connectivity index (χ0) is 15.6. The number of nitrogens with zero attached hydrogens (tertiary/aromatic N) is 2. The van der Waals surface area contributed by atoms with Crippen molar-refractivity contribution in [3.63, 3.8) is 0 Å². The monoisotopic (exact) mass is 314 g/mol. The lowest BCUT2D eigenvalue weighted by Gasteiger charge is -2.39. The number of aromatic nitrogens is 2. The molecule has 4 rings (SSSR count). The smallest absolute Gasteiger partial charge is 0.184 e. The molecule has 0 aliphatic carbocycles. The summed E-state index contributed by atoms with van der Waals surface area (Å²) < 4.78 is 24.9. The normalized spacial score (nSPS) is 30.0. The summed E-state index contributed by atoms with van der Waals surface area (Å²) in [7, 11) is 1.65. The topological polar surface area (TPSA) is 54.7 Å². The van der Waals surface area contributed by atoms with Gasteiger partial charge in [-0.3, -0.25) is 0 Å². The number of benzene rings is 1. The summed E-state index contributed by atoms with van der Waals surface area (Å²) in [6, 6.07) is 7.70. The second kappa shape index (κ2) is 6.16. The summed E-state index contributed by atoms with van der Waals surface area (Å²) in [6.07, 6.45) is 8.58. The summed E-state index contributed by atoms with van der Waals surface area (Å²) in [4.78, 5) is 4.04. The number of fused-ring (bicyclic) bond motifs is 1. The van der Waals surface area contributed by atoms with Crippen molar-refractivity contribution in [2.45, 2.75) is 24.7 Å². The van der Waals surface area contributed by atoms with Gasteiger partial charge in [-0.1, -0.05) is 18.2 Å². The third-order valence-electron chi connectivity index (χ3n) is 4.05. The second-order valence-electron chi connectivity index (χ2n) is 5.50. The Kier molecular flexibility index (Phi) is 3.87. The highest BCUT2D eigenvalue weighted by molar-refractivity contribution is 5.28. The Hall–Kier alpha value is -2.15. The number of imidazole rings is 1. The van der Waals surface area contributed by atoms with Crippen LogP contribution in [0.1, 0.15) is 18.1 Å². The maximum Gasteiger partial charge on any atom is 0.184 e. The van der Waals surface area contributed by atoms with Crippen LogP contribution in [0.25, 0.3) is 0 Å². The predicted molar refractivity (Wildman–Crippen MR) is 81.8 cm³/mol. The molecule has 2 aliphatic rings. The van der Waals surface area contributed by atoms with Crippen LogP contribution >= 0.6 is 0 Å². The molecular weight excluding hydrogens is 296 g/mol. The van der Waals surface area contributed by atoms with Gasteiger partial charge in [-0.15, -0.1) is 0 Å². The number of hydrogen-bond donors (Lipinski definition) is 0. The first-order valence-corrected chi connectivity index (χ1v) is 7.56. The van der Waals surface area contributed by atoms with Crippen molar-refractivity contribution in [3.05, 3.63) is 60.7 Å². The average Bonchev–Trinajstić information content (AvgIpc) is 3.15. The fourth-order valence-corrected chi connectivity index (χ4v) is 2.79. The van der Waals surface area contributed by atoms with E-state index in [1.165, 1.54) is 0 Å². The molecule has 0 radical (unpaired) electrons. The first-order valence-electron chi connectivity index (χ1n) is 7.56. The van der Waals surface area contributed by atoms with Gasteiger partial charge in [0.25, 0.3) is 0 Å².